The molecule has 0 aromatic carbocycles. The number of hydrogen-bond acceptors (Lipinski definition) is 5. The molecule has 2 heterocycles. The minimum absolute atomic E-state index is 0.00375. The molecule has 1 N–H and O–H groups in total. The predicted octanol–water partition coefficient (Wildman–Crippen LogP) is 0.945. The lowest BCUT2D eigenvalue weighted by atomic mass is 9.98. The van der Waals surface area contributed by atoms with Crippen LogP contribution in [0.5, 0.6) is 0 Å². The first-order valence-corrected chi connectivity index (χ1v) is 7.04. The van der Waals surface area contributed by atoms with E-state index in [1.807, 2.05) is 0 Å². The zero-order chi connectivity index (χ0) is 15.5. The number of carbonyl (C=O) groups excluding carboxylic acids is 1. The summed E-state index contributed by atoms with van der Waals surface area (Å²) in [7, 11) is 0. The highest BCUT2D eigenvalue weighted by Crippen LogP contribution is 2.21. The molecule has 1 fully saturated rings. The molecule has 2 rings (SSSR count). The van der Waals surface area contributed by atoms with Gasteiger partial charge in [-0.05, 0) is 36.1 Å². The average molecular weight is 296 g/mol. The van der Waals surface area contributed by atoms with Crippen LogP contribution in [-0.2, 0) is 11.3 Å². The van der Waals surface area contributed by atoms with Crippen LogP contribution < -0.4 is 0 Å². The number of carbonyl (C=O) groups is 1. The van der Waals surface area contributed by atoms with Crippen LogP contribution in [0.2, 0.25) is 0 Å². The highest BCUT2D eigenvalue weighted by molar-refractivity contribution is 5.76. The molecule has 8 nitrogen and oxygen atoms in total. The summed E-state index contributed by atoms with van der Waals surface area (Å²) < 4.78 is 1.55. The van der Waals surface area contributed by atoms with Gasteiger partial charge in [0, 0.05) is 26.1 Å². The van der Waals surface area contributed by atoms with Crippen LogP contribution >= 0.6 is 0 Å². The van der Waals surface area contributed by atoms with Gasteiger partial charge < -0.3 is 24.7 Å². The van der Waals surface area contributed by atoms with Crippen LogP contribution in [0.4, 0.5) is 5.82 Å². The molecule has 1 aromatic heterocycles. The van der Waals surface area contributed by atoms with Gasteiger partial charge >= 0.3 is 5.82 Å². The minimum atomic E-state index is -0.694. The maximum Gasteiger partial charge on any atom is 0.381 e. The number of likely N-dealkylation sites (tertiary alicyclic amines) is 1. The summed E-state index contributed by atoms with van der Waals surface area (Å²) in [6.07, 6.45) is 5.02. The molecular weight excluding hydrogens is 276 g/mol. The van der Waals surface area contributed by atoms with Crippen molar-refractivity contribution in [1.82, 2.24) is 14.5 Å². The van der Waals surface area contributed by atoms with Crippen LogP contribution in [0.1, 0.15) is 32.6 Å². The lowest BCUT2D eigenvalue weighted by molar-refractivity contribution is -0.389. The molecule has 0 aliphatic carbocycles. The first-order chi connectivity index (χ1) is 9.87. The summed E-state index contributed by atoms with van der Waals surface area (Å²) in [4.78, 5) is 27.5. The number of aromatic nitrogens is 2. The van der Waals surface area contributed by atoms with Gasteiger partial charge in [-0.1, -0.05) is 0 Å². The van der Waals surface area contributed by atoms with Gasteiger partial charge in [-0.2, -0.15) is 0 Å². The Hall–Kier alpha value is -1.96. The first kappa shape index (κ1) is 15.4. The van der Waals surface area contributed by atoms with E-state index in [4.69, 9.17) is 0 Å². The largest absolute Gasteiger partial charge is 0.390 e. The van der Waals surface area contributed by atoms with Crippen LogP contribution in [0.25, 0.3) is 0 Å². The zero-order valence-corrected chi connectivity index (χ0v) is 12.1. The Morgan fingerprint density at radius 3 is 2.95 bits per heavy atom. The molecule has 21 heavy (non-hydrogen) atoms. The molecule has 0 bridgehead atoms. The van der Waals surface area contributed by atoms with E-state index in [1.165, 1.54) is 12.5 Å². The number of aryl methyl sites for hydroxylation is 1. The smallest absolute Gasteiger partial charge is 0.381 e. The lowest BCUT2D eigenvalue weighted by Gasteiger charge is -2.22. The summed E-state index contributed by atoms with van der Waals surface area (Å²) in [5, 5.41) is 20.5. The van der Waals surface area contributed by atoms with Crippen molar-refractivity contribution < 1.29 is 14.8 Å². The van der Waals surface area contributed by atoms with Crippen molar-refractivity contribution in [1.29, 1.82) is 0 Å². The molecular formula is C13H20N4O4. The second-order valence-corrected chi connectivity index (χ2v) is 5.71. The first-order valence-electron chi connectivity index (χ1n) is 7.04. The third-order valence-electron chi connectivity index (χ3n) is 3.81. The van der Waals surface area contributed by atoms with E-state index in [0.29, 0.717) is 32.5 Å². The number of nitro groups is 1. The van der Waals surface area contributed by atoms with Gasteiger partial charge in [0.25, 0.3) is 0 Å². The van der Waals surface area contributed by atoms with Crippen molar-refractivity contribution in [2.45, 2.75) is 44.8 Å². The molecule has 8 heteroatoms. The van der Waals surface area contributed by atoms with E-state index < -0.39 is 10.5 Å². The van der Waals surface area contributed by atoms with Crippen molar-refractivity contribution >= 4 is 11.7 Å². The topological polar surface area (TPSA) is 102 Å². The Kier molecular flexibility index (Phi) is 4.56. The Morgan fingerprint density at radius 1 is 1.52 bits per heavy atom. The summed E-state index contributed by atoms with van der Waals surface area (Å²) >= 11 is 0. The van der Waals surface area contributed by atoms with E-state index in [2.05, 4.69) is 4.98 Å². The molecule has 0 radical (unpaired) electrons. The predicted molar refractivity (Wildman–Crippen MR) is 74.6 cm³/mol. The molecule has 1 amide bonds. The van der Waals surface area contributed by atoms with Crippen LogP contribution in [0.3, 0.4) is 0 Å². The van der Waals surface area contributed by atoms with Crippen molar-refractivity contribution in [3.63, 3.8) is 0 Å². The van der Waals surface area contributed by atoms with Crippen molar-refractivity contribution in [3.8, 4) is 0 Å². The highest BCUT2D eigenvalue weighted by Gasteiger charge is 2.26. The number of rotatable bonds is 4. The fraction of sp³-hybridized carbons (Fsp3) is 0.692. The number of nitrogens with zero attached hydrogens (tertiary/aromatic N) is 4. The summed E-state index contributed by atoms with van der Waals surface area (Å²) in [5.41, 5.74) is -0.694. The van der Waals surface area contributed by atoms with Gasteiger partial charge in [0.2, 0.25) is 12.2 Å². The number of aliphatic hydroxyl groups is 1. The Balaban J connectivity index is 1.85. The number of hydrogen-bond donors (Lipinski definition) is 1. The van der Waals surface area contributed by atoms with Gasteiger partial charge in [0.15, 0.2) is 0 Å². The number of amides is 1. The standard InChI is InChI=1S/C13H20N4O4/c1-13(19)4-2-6-16(8-5-13)12(18)3-7-15-9-11(14-10-15)17(20)21/h9-10,19H,2-8H2,1H3. The molecule has 1 unspecified atom stereocenters. The molecule has 0 saturated carbocycles. The van der Waals surface area contributed by atoms with Crippen LogP contribution in [0, 0.1) is 10.1 Å². The quantitative estimate of drug-likeness (QED) is 0.658. The third-order valence-corrected chi connectivity index (χ3v) is 3.81. The molecule has 1 aromatic rings. The Labute approximate surface area is 122 Å². The highest BCUT2D eigenvalue weighted by atomic mass is 16.6. The number of imidazole rings is 1. The summed E-state index contributed by atoms with van der Waals surface area (Å²) in [5.74, 6) is -0.211. The maximum atomic E-state index is 12.2. The molecule has 1 aliphatic heterocycles. The van der Waals surface area contributed by atoms with E-state index >= 15 is 0 Å². The van der Waals surface area contributed by atoms with Crippen molar-refractivity contribution in [2.24, 2.45) is 0 Å². The summed E-state index contributed by atoms with van der Waals surface area (Å²) in [6.45, 7) is 3.37. The summed E-state index contributed by atoms with van der Waals surface area (Å²) in [6, 6.07) is 0. The monoisotopic (exact) mass is 296 g/mol. The van der Waals surface area contributed by atoms with E-state index in [1.54, 1.807) is 16.4 Å². The van der Waals surface area contributed by atoms with Crippen molar-refractivity contribution in [2.75, 3.05) is 13.1 Å². The van der Waals surface area contributed by atoms with Gasteiger partial charge in [-0.25, -0.2) is 0 Å². The van der Waals surface area contributed by atoms with Gasteiger partial charge in [-0.15, -0.1) is 0 Å². The van der Waals surface area contributed by atoms with Crippen molar-refractivity contribution in [3.05, 3.63) is 22.6 Å². The van der Waals surface area contributed by atoms with Crippen LogP contribution in [-0.4, -0.2) is 49.1 Å². The van der Waals surface area contributed by atoms with E-state index in [0.717, 1.165) is 6.42 Å². The second kappa shape index (κ2) is 6.21. The average Bonchev–Trinajstić information content (AvgIpc) is 2.81. The van der Waals surface area contributed by atoms with E-state index in [9.17, 15) is 20.0 Å². The van der Waals surface area contributed by atoms with Crippen LogP contribution in [0.15, 0.2) is 12.5 Å². The second-order valence-electron chi connectivity index (χ2n) is 5.71. The fourth-order valence-electron chi connectivity index (χ4n) is 2.46. The molecule has 1 atom stereocenters. The van der Waals surface area contributed by atoms with Gasteiger partial charge in [-0.3, -0.25) is 4.79 Å². The fourth-order valence-corrected chi connectivity index (χ4v) is 2.46. The Morgan fingerprint density at radius 2 is 2.29 bits per heavy atom. The SMILES string of the molecule is CC1(O)CCCN(C(=O)CCn2cnc([N+](=O)[O-])c2)CC1. The normalized spacial score (nSPS) is 22.9. The van der Waals surface area contributed by atoms with Gasteiger partial charge in [0.1, 0.15) is 6.20 Å². The zero-order valence-electron chi connectivity index (χ0n) is 12.1. The molecule has 1 saturated heterocycles. The molecule has 0 spiro atoms. The Bertz CT molecular complexity index is 526. The third kappa shape index (κ3) is 4.25. The minimum Gasteiger partial charge on any atom is -0.390 e. The maximum absolute atomic E-state index is 12.2. The molecule has 1 aliphatic rings. The van der Waals surface area contributed by atoms with Gasteiger partial charge in [0.05, 0.1) is 5.60 Å². The molecule has 116 valence electrons. The van der Waals surface area contributed by atoms with E-state index in [-0.39, 0.29) is 18.1 Å². The lowest BCUT2D eigenvalue weighted by Crippen LogP contribution is -2.33.